The smallest absolute Gasteiger partial charge is 0.303 e. The summed E-state index contributed by atoms with van der Waals surface area (Å²) in [5.41, 5.74) is -1.59. The van der Waals surface area contributed by atoms with Gasteiger partial charge in [0.05, 0.1) is 28.4 Å². The van der Waals surface area contributed by atoms with Gasteiger partial charge >= 0.3 is 5.97 Å². The lowest BCUT2D eigenvalue weighted by molar-refractivity contribution is -0.181. The number of ketones is 1. The van der Waals surface area contributed by atoms with Gasteiger partial charge in [0, 0.05) is 25.4 Å². The third-order valence-electron chi connectivity index (χ3n) is 7.05. The van der Waals surface area contributed by atoms with Crippen molar-refractivity contribution in [3.05, 3.63) is 42.2 Å². The van der Waals surface area contributed by atoms with Crippen molar-refractivity contribution in [3.63, 3.8) is 0 Å². The Bertz CT molecular complexity index is 958. The Kier molecular flexibility index (Phi) is 6.79. The predicted octanol–water partition coefficient (Wildman–Crippen LogP) is 3.44. The number of hydrogen-bond acceptors (Lipinski definition) is 8. The number of carbonyl (C=O) groups is 2. The van der Waals surface area contributed by atoms with Crippen molar-refractivity contribution in [1.29, 1.82) is 0 Å². The van der Waals surface area contributed by atoms with Crippen LogP contribution in [0, 0.1) is 11.3 Å². The van der Waals surface area contributed by atoms with Crippen molar-refractivity contribution in [2.75, 3.05) is 35.5 Å². The fraction of sp³-hybridized carbons (Fsp3) is 0.520. The molecule has 0 aromatic heterocycles. The van der Waals surface area contributed by atoms with E-state index in [4.69, 9.17) is 28.4 Å². The van der Waals surface area contributed by atoms with E-state index in [9.17, 15) is 9.59 Å². The maximum Gasteiger partial charge on any atom is 0.303 e. The lowest BCUT2D eigenvalue weighted by Crippen LogP contribution is -2.59. The van der Waals surface area contributed by atoms with Gasteiger partial charge in [0.15, 0.2) is 22.9 Å². The SMILES string of the molecule is C=CCC12C=C(OC)C(=O)C(OC)(C(c3cc(OC)c(OC)c(OC)c3)C1C)C2OC(C)=O. The van der Waals surface area contributed by atoms with E-state index in [0.29, 0.717) is 23.7 Å². The molecule has 5 unspecified atom stereocenters. The number of hydrogen-bond donors (Lipinski definition) is 0. The van der Waals surface area contributed by atoms with Crippen LogP contribution in [0.1, 0.15) is 31.7 Å². The van der Waals surface area contributed by atoms with Crippen molar-refractivity contribution in [1.82, 2.24) is 0 Å². The van der Waals surface area contributed by atoms with Crippen LogP contribution in [0.3, 0.4) is 0 Å². The third kappa shape index (κ3) is 3.39. The molecule has 1 aromatic rings. The van der Waals surface area contributed by atoms with Gasteiger partial charge in [0.2, 0.25) is 11.5 Å². The fourth-order valence-electron chi connectivity index (χ4n) is 5.71. The van der Waals surface area contributed by atoms with Gasteiger partial charge in [-0.1, -0.05) is 13.0 Å². The molecule has 0 amide bonds. The van der Waals surface area contributed by atoms with E-state index in [-0.39, 0.29) is 17.5 Å². The number of rotatable bonds is 9. The Hall–Kier alpha value is -3.00. The van der Waals surface area contributed by atoms with E-state index in [1.807, 2.05) is 6.92 Å². The predicted molar refractivity (Wildman–Crippen MR) is 121 cm³/mol. The summed E-state index contributed by atoms with van der Waals surface area (Å²) in [6.45, 7) is 7.25. The summed E-state index contributed by atoms with van der Waals surface area (Å²) in [7, 11) is 7.48. The van der Waals surface area contributed by atoms with Crippen LogP contribution in [-0.4, -0.2) is 59.0 Å². The molecule has 33 heavy (non-hydrogen) atoms. The van der Waals surface area contributed by atoms with Crippen LogP contribution < -0.4 is 14.2 Å². The monoisotopic (exact) mass is 460 g/mol. The molecule has 1 fully saturated rings. The van der Waals surface area contributed by atoms with Crippen LogP contribution >= 0.6 is 0 Å². The van der Waals surface area contributed by atoms with Crippen LogP contribution in [0.2, 0.25) is 0 Å². The number of fused-ring (bicyclic) bond motifs is 2. The molecule has 0 saturated heterocycles. The number of carbonyl (C=O) groups excluding carboxylic acids is 2. The standard InChI is InChI=1S/C25H32O8/c1-9-10-24-13-19(30-6)22(27)25(32-8,23(24)33-15(3)26)20(14(24)2)16-11-17(28-4)21(31-7)18(12-16)29-5/h9,11-14,20,23H,1,10H2,2-8H3. The number of Topliss-reactive ketones (excluding diaryl/α,β-unsaturated/α-hetero) is 1. The molecule has 1 saturated carbocycles. The lowest BCUT2D eigenvalue weighted by Gasteiger charge is -2.43. The summed E-state index contributed by atoms with van der Waals surface area (Å²) in [6.07, 6.45) is 3.07. The van der Waals surface area contributed by atoms with Crippen LogP contribution in [-0.2, 0) is 23.8 Å². The van der Waals surface area contributed by atoms with Gasteiger partial charge in [-0.2, -0.15) is 0 Å². The number of ether oxygens (including phenoxy) is 6. The first-order chi connectivity index (χ1) is 15.7. The highest BCUT2D eigenvalue weighted by Crippen LogP contribution is 2.65. The molecule has 2 aliphatic rings. The molecule has 3 rings (SSSR count). The first-order valence-electron chi connectivity index (χ1n) is 10.7. The van der Waals surface area contributed by atoms with E-state index in [1.54, 1.807) is 24.3 Å². The van der Waals surface area contributed by atoms with Gasteiger partial charge in [0.25, 0.3) is 0 Å². The van der Waals surface area contributed by atoms with Crippen molar-refractivity contribution >= 4 is 11.8 Å². The van der Waals surface area contributed by atoms with Crippen molar-refractivity contribution in [2.24, 2.45) is 11.3 Å². The van der Waals surface area contributed by atoms with Gasteiger partial charge in [-0.15, -0.1) is 6.58 Å². The molecule has 0 spiro atoms. The van der Waals surface area contributed by atoms with Crippen molar-refractivity contribution in [2.45, 2.75) is 37.9 Å². The fourth-order valence-corrected chi connectivity index (χ4v) is 5.71. The quantitative estimate of drug-likeness (QED) is 0.409. The Labute approximate surface area is 194 Å². The van der Waals surface area contributed by atoms with Gasteiger partial charge in [-0.25, -0.2) is 0 Å². The zero-order valence-electron chi connectivity index (χ0n) is 20.2. The van der Waals surface area contributed by atoms with E-state index < -0.39 is 29.0 Å². The number of benzene rings is 1. The zero-order valence-corrected chi connectivity index (χ0v) is 20.2. The lowest BCUT2D eigenvalue weighted by atomic mass is 9.69. The highest BCUT2D eigenvalue weighted by atomic mass is 16.6. The minimum atomic E-state index is -1.53. The molecule has 0 heterocycles. The second-order valence-corrected chi connectivity index (χ2v) is 8.36. The summed E-state index contributed by atoms with van der Waals surface area (Å²) in [5.74, 6) is -0.152. The second-order valence-electron chi connectivity index (χ2n) is 8.36. The topological polar surface area (TPSA) is 89.5 Å². The molecular weight excluding hydrogens is 428 g/mol. The first kappa shape index (κ1) is 24.6. The third-order valence-corrected chi connectivity index (χ3v) is 7.05. The number of allylic oxidation sites excluding steroid dienone is 1. The normalized spacial score (nSPS) is 30.3. The molecule has 8 heteroatoms. The molecule has 0 radical (unpaired) electrons. The first-order valence-corrected chi connectivity index (χ1v) is 10.7. The molecule has 2 bridgehead atoms. The van der Waals surface area contributed by atoms with Crippen LogP contribution in [0.15, 0.2) is 36.6 Å². The van der Waals surface area contributed by atoms with Crippen LogP contribution in [0.25, 0.3) is 0 Å². The Morgan fingerprint density at radius 2 is 1.67 bits per heavy atom. The van der Waals surface area contributed by atoms with Gasteiger partial charge < -0.3 is 28.4 Å². The average molecular weight is 461 g/mol. The summed E-state index contributed by atoms with van der Waals surface area (Å²) < 4.78 is 34.0. The van der Waals surface area contributed by atoms with Crippen LogP contribution in [0.5, 0.6) is 17.2 Å². The average Bonchev–Trinajstić information content (AvgIpc) is 2.95. The summed E-state index contributed by atoms with van der Waals surface area (Å²) in [5, 5.41) is 0. The highest BCUT2D eigenvalue weighted by Gasteiger charge is 2.74. The Balaban J connectivity index is 2.37. The maximum absolute atomic E-state index is 13.8. The maximum atomic E-state index is 13.8. The summed E-state index contributed by atoms with van der Waals surface area (Å²) >= 11 is 0. The Morgan fingerprint density at radius 3 is 2.09 bits per heavy atom. The molecule has 8 nitrogen and oxygen atoms in total. The summed E-state index contributed by atoms with van der Waals surface area (Å²) in [6, 6.07) is 3.60. The Morgan fingerprint density at radius 1 is 1.06 bits per heavy atom. The molecule has 2 aliphatic carbocycles. The van der Waals surface area contributed by atoms with Gasteiger partial charge in [0.1, 0.15) is 6.10 Å². The van der Waals surface area contributed by atoms with E-state index in [2.05, 4.69) is 6.58 Å². The molecular formula is C25H32O8. The molecule has 1 aromatic carbocycles. The molecule has 0 aliphatic heterocycles. The number of esters is 1. The second kappa shape index (κ2) is 9.09. The van der Waals surface area contributed by atoms with E-state index in [1.165, 1.54) is 42.5 Å². The van der Waals surface area contributed by atoms with Crippen molar-refractivity contribution in [3.8, 4) is 17.2 Å². The molecule has 5 atom stereocenters. The molecule has 180 valence electrons. The summed E-state index contributed by atoms with van der Waals surface area (Å²) in [4.78, 5) is 26.0. The van der Waals surface area contributed by atoms with Crippen LogP contribution in [0.4, 0.5) is 0 Å². The number of methoxy groups -OCH3 is 5. The minimum absolute atomic E-state index is 0.170. The minimum Gasteiger partial charge on any atom is -0.493 e. The van der Waals surface area contributed by atoms with Crippen molar-refractivity contribution < 1.29 is 38.0 Å². The molecule has 0 N–H and O–H groups in total. The highest BCUT2D eigenvalue weighted by molar-refractivity contribution is 6.04. The zero-order chi connectivity index (χ0) is 24.6. The van der Waals surface area contributed by atoms with E-state index in [0.717, 1.165) is 5.56 Å². The largest absolute Gasteiger partial charge is 0.493 e. The van der Waals surface area contributed by atoms with Gasteiger partial charge in [-0.3, -0.25) is 9.59 Å². The van der Waals surface area contributed by atoms with Gasteiger partial charge in [-0.05, 0) is 36.1 Å². The van der Waals surface area contributed by atoms with E-state index >= 15 is 0 Å².